The predicted octanol–water partition coefficient (Wildman–Crippen LogP) is 4.76. The average molecular weight is 295 g/mol. The highest BCUT2D eigenvalue weighted by atomic mass is 35.5. The summed E-state index contributed by atoms with van der Waals surface area (Å²) in [5, 5.41) is 0. The maximum atomic E-state index is 13.3. The van der Waals surface area contributed by atoms with Crippen molar-refractivity contribution in [2.24, 2.45) is 5.92 Å². The van der Waals surface area contributed by atoms with Crippen LogP contribution in [-0.2, 0) is 0 Å². The van der Waals surface area contributed by atoms with Crippen LogP contribution in [0.1, 0.15) is 44.6 Å². The highest BCUT2D eigenvalue weighted by Gasteiger charge is 2.20. The second-order valence-electron chi connectivity index (χ2n) is 5.38. The van der Waals surface area contributed by atoms with Gasteiger partial charge in [-0.1, -0.05) is 18.8 Å². The standard InChI is InChI=1S/C17H20ClFO/c1-13-5-8-16(9-6-13)20-17-10-7-15(19)12-14(17)4-2-3-11-18/h7,10,12-13,16H,3,5-6,8-9,11H2,1H3. The molecule has 0 saturated heterocycles. The zero-order chi connectivity index (χ0) is 14.4. The van der Waals surface area contributed by atoms with Crippen molar-refractivity contribution in [2.45, 2.75) is 45.1 Å². The molecule has 108 valence electrons. The Morgan fingerprint density at radius 3 is 2.75 bits per heavy atom. The summed E-state index contributed by atoms with van der Waals surface area (Å²) in [6.07, 6.45) is 5.34. The van der Waals surface area contributed by atoms with E-state index in [1.165, 1.54) is 25.0 Å². The molecular weight excluding hydrogens is 275 g/mol. The van der Waals surface area contributed by atoms with Gasteiger partial charge in [-0.15, -0.1) is 11.6 Å². The van der Waals surface area contributed by atoms with Crippen LogP contribution in [0.4, 0.5) is 4.39 Å². The Labute approximate surface area is 125 Å². The minimum absolute atomic E-state index is 0.227. The van der Waals surface area contributed by atoms with Crippen LogP contribution >= 0.6 is 11.6 Å². The predicted molar refractivity (Wildman–Crippen MR) is 80.7 cm³/mol. The molecule has 2 rings (SSSR count). The topological polar surface area (TPSA) is 9.23 Å². The van der Waals surface area contributed by atoms with E-state index in [1.54, 1.807) is 6.07 Å². The maximum Gasteiger partial charge on any atom is 0.135 e. The van der Waals surface area contributed by atoms with E-state index >= 15 is 0 Å². The number of hydrogen-bond acceptors (Lipinski definition) is 1. The number of ether oxygens (including phenoxy) is 1. The highest BCUT2D eigenvalue weighted by molar-refractivity contribution is 6.18. The van der Waals surface area contributed by atoms with Crippen molar-refractivity contribution in [1.29, 1.82) is 0 Å². The molecule has 1 fully saturated rings. The van der Waals surface area contributed by atoms with E-state index in [2.05, 4.69) is 18.8 Å². The van der Waals surface area contributed by atoms with Crippen LogP contribution in [0.3, 0.4) is 0 Å². The van der Waals surface area contributed by atoms with Crippen molar-refractivity contribution >= 4 is 11.6 Å². The van der Waals surface area contributed by atoms with Crippen LogP contribution in [0.15, 0.2) is 18.2 Å². The fraction of sp³-hybridized carbons (Fsp3) is 0.529. The van der Waals surface area contributed by atoms with Crippen molar-refractivity contribution in [2.75, 3.05) is 5.88 Å². The van der Waals surface area contributed by atoms with E-state index in [-0.39, 0.29) is 11.9 Å². The van der Waals surface area contributed by atoms with E-state index in [0.717, 1.165) is 18.8 Å². The van der Waals surface area contributed by atoms with Gasteiger partial charge in [-0.3, -0.25) is 0 Å². The summed E-state index contributed by atoms with van der Waals surface area (Å²) in [5.74, 6) is 7.56. The molecule has 1 aromatic rings. The number of rotatable bonds is 3. The Balaban J connectivity index is 2.08. The Bertz CT molecular complexity index is 495. The van der Waals surface area contributed by atoms with Crippen molar-refractivity contribution in [3.05, 3.63) is 29.6 Å². The third-order valence-electron chi connectivity index (χ3n) is 3.64. The van der Waals surface area contributed by atoms with Gasteiger partial charge >= 0.3 is 0 Å². The summed E-state index contributed by atoms with van der Waals surface area (Å²) in [4.78, 5) is 0. The molecule has 0 heterocycles. The Morgan fingerprint density at radius 2 is 2.05 bits per heavy atom. The van der Waals surface area contributed by atoms with Gasteiger partial charge < -0.3 is 4.74 Å². The summed E-state index contributed by atoms with van der Waals surface area (Å²) in [6.45, 7) is 2.27. The maximum absolute atomic E-state index is 13.3. The summed E-state index contributed by atoms with van der Waals surface area (Å²) in [6, 6.07) is 4.54. The van der Waals surface area contributed by atoms with Gasteiger partial charge in [0.1, 0.15) is 11.6 Å². The second-order valence-corrected chi connectivity index (χ2v) is 5.76. The fourth-order valence-corrected chi connectivity index (χ4v) is 2.53. The molecule has 0 radical (unpaired) electrons. The zero-order valence-electron chi connectivity index (χ0n) is 11.8. The summed E-state index contributed by atoms with van der Waals surface area (Å²) < 4.78 is 19.4. The quantitative estimate of drug-likeness (QED) is 0.577. The fourth-order valence-electron chi connectivity index (χ4n) is 2.43. The van der Waals surface area contributed by atoms with E-state index in [0.29, 0.717) is 23.6 Å². The summed E-state index contributed by atoms with van der Waals surface area (Å²) in [5.41, 5.74) is 0.619. The first-order chi connectivity index (χ1) is 9.69. The first-order valence-corrected chi connectivity index (χ1v) is 7.73. The van der Waals surface area contributed by atoms with Crippen LogP contribution in [-0.4, -0.2) is 12.0 Å². The number of hydrogen-bond donors (Lipinski definition) is 0. The zero-order valence-corrected chi connectivity index (χ0v) is 12.5. The monoisotopic (exact) mass is 294 g/mol. The molecule has 0 N–H and O–H groups in total. The van der Waals surface area contributed by atoms with E-state index in [9.17, 15) is 4.39 Å². The molecule has 1 saturated carbocycles. The van der Waals surface area contributed by atoms with Crippen LogP contribution in [0.2, 0.25) is 0 Å². The van der Waals surface area contributed by atoms with Gasteiger partial charge in [-0.05, 0) is 49.8 Å². The molecule has 0 bridgehead atoms. The van der Waals surface area contributed by atoms with Crippen molar-refractivity contribution in [1.82, 2.24) is 0 Å². The van der Waals surface area contributed by atoms with Gasteiger partial charge in [0.05, 0.1) is 11.7 Å². The summed E-state index contributed by atoms with van der Waals surface area (Å²) in [7, 11) is 0. The van der Waals surface area contributed by atoms with Crippen LogP contribution in [0.5, 0.6) is 5.75 Å². The molecule has 1 nitrogen and oxygen atoms in total. The van der Waals surface area contributed by atoms with E-state index < -0.39 is 0 Å². The van der Waals surface area contributed by atoms with Gasteiger partial charge in [0.2, 0.25) is 0 Å². The Kier molecular flexibility index (Phi) is 5.73. The van der Waals surface area contributed by atoms with Crippen molar-refractivity contribution < 1.29 is 9.13 Å². The molecule has 0 aromatic heterocycles. The molecule has 0 atom stereocenters. The van der Waals surface area contributed by atoms with Gasteiger partial charge in [0.15, 0.2) is 0 Å². The third kappa shape index (κ3) is 4.42. The van der Waals surface area contributed by atoms with Crippen molar-refractivity contribution in [3.63, 3.8) is 0 Å². The molecule has 20 heavy (non-hydrogen) atoms. The minimum Gasteiger partial charge on any atom is -0.489 e. The second kappa shape index (κ2) is 7.55. The van der Waals surface area contributed by atoms with E-state index in [1.807, 2.05) is 0 Å². The largest absolute Gasteiger partial charge is 0.489 e. The lowest BCUT2D eigenvalue weighted by Crippen LogP contribution is -2.23. The summed E-state index contributed by atoms with van der Waals surface area (Å²) >= 11 is 5.60. The molecule has 1 aliphatic carbocycles. The molecule has 1 aromatic carbocycles. The molecular formula is C17H20ClFO. The third-order valence-corrected chi connectivity index (χ3v) is 3.83. The number of halogens is 2. The minimum atomic E-state index is -0.287. The lowest BCUT2D eigenvalue weighted by Gasteiger charge is -2.27. The molecule has 3 heteroatoms. The molecule has 0 amide bonds. The van der Waals surface area contributed by atoms with Gasteiger partial charge in [0.25, 0.3) is 0 Å². The lowest BCUT2D eigenvalue weighted by molar-refractivity contribution is 0.135. The normalized spacial score (nSPS) is 21.9. The highest BCUT2D eigenvalue weighted by Crippen LogP contribution is 2.28. The van der Waals surface area contributed by atoms with Gasteiger partial charge in [-0.25, -0.2) is 4.39 Å². The van der Waals surface area contributed by atoms with Crippen LogP contribution in [0.25, 0.3) is 0 Å². The smallest absolute Gasteiger partial charge is 0.135 e. The Hall–Kier alpha value is -1.20. The first kappa shape index (κ1) is 15.2. The van der Waals surface area contributed by atoms with Gasteiger partial charge in [-0.2, -0.15) is 0 Å². The lowest BCUT2D eigenvalue weighted by atomic mass is 9.89. The van der Waals surface area contributed by atoms with Crippen LogP contribution in [0, 0.1) is 23.6 Å². The van der Waals surface area contributed by atoms with Crippen molar-refractivity contribution in [3.8, 4) is 17.6 Å². The van der Waals surface area contributed by atoms with Gasteiger partial charge in [0, 0.05) is 12.3 Å². The Morgan fingerprint density at radius 1 is 1.30 bits per heavy atom. The SMILES string of the molecule is CC1CCC(Oc2ccc(F)cc2C#CCCCl)CC1. The van der Waals surface area contributed by atoms with E-state index in [4.69, 9.17) is 16.3 Å². The molecule has 1 aliphatic rings. The number of alkyl halides is 1. The molecule has 0 aliphatic heterocycles. The molecule has 0 unspecified atom stereocenters. The van der Waals surface area contributed by atoms with Crippen LogP contribution < -0.4 is 4.74 Å². The first-order valence-electron chi connectivity index (χ1n) is 7.20. The molecule has 0 spiro atoms. The number of benzene rings is 1. The average Bonchev–Trinajstić information content (AvgIpc) is 2.44.